The van der Waals surface area contributed by atoms with Crippen LogP contribution in [0.5, 0.6) is 0 Å². The van der Waals surface area contributed by atoms with Crippen molar-refractivity contribution >= 4 is 23.6 Å². The van der Waals surface area contributed by atoms with Gasteiger partial charge in [0.2, 0.25) is 5.91 Å². The lowest BCUT2D eigenvalue weighted by molar-refractivity contribution is -0.120. The second-order valence-corrected chi connectivity index (χ2v) is 7.16. The number of carbonyl (C=O) groups is 2. The predicted molar refractivity (Wildman–Crippen MR) is 104 cm³/mol. The van der Waals surface area contributed by atoms with E-state index < -0.39 is 0 Å². The van der Waals surface area contributed by atoms with Gasteiger partial charge in [0.25, 0.3) is 5.91 Å². The molecule has 0 aliphatic carbocycles. The van der Waals surface area contributed by atoms with Crippen LogP contribution in [0.3, 0.4) is 0 Å². The molecular formula is C20H23FN2O2S. The van der Waals surface area contributed by atoms with Crippen LogP contribution >= 0.6 is 11.8 Å². The lowest BCUT2D eigenvalue weighted by atomic mass is 10.1. The summed E-state index contributed by atoms with van der Waals surface area (Å²) in [4.78, 5) is 23.9. The zero-order valence-electron chi connectivity index (χ0n) is 15.0. The number of hydrogen-bond donors (Lipinski definition) is 2. The molecule has 0 saturated carbocycles. The third-order valence-electron chi connectivity index (χ3n) is 3.68. The largest absolute Gasteiger partial charge is 0.354 e. The summed E-state index contributed by atoms with van der Waals surface area (Å²) in [6.45, 7) is 4.26. The lowest BCUT2D eigenvalue weighted by Gasteiger charge is -2.08. The summed E-state index contributed by atoms with van der Waals surface area (Å²) >= 11 is 1.54. The molecule has 0 heterocycles. The molecule has 138 valence electrons. The van der Waals surface area contributed by atoms with Gasteiger partial charge >= 0.3 is 0 Å². The van der Waals surface area contributed by atoms with Crippen LogP contribution in [0.25, 0.3) is 0 Å². The van der Waals surface area contributed by atoms with E-state index in [1.54, 1.807) is 42.1 Å². The fourth-order valence-electron chi connectivity index (χ4n) is 2.49. The van der Waals surface area contributed by atoms with Gasteiger partial charge in [0.1, 0.15) is 5.82 Å². The second kappa shape index (κ2) is 9.97. The summed E-state index contributed by atoms with van der Waals surface area (Å²) in [5, 5.41) is 5.36. The summed E-state index contributed by atoms with van der Waals surface area (Å²) in [7, 11) is 0. The number of halogens is 1. The molecule has 0 radical (unpaired) electrons. The molecule has 0 atom stereocenters. The van der Waals surface area contributed by atoms with E-state index in [0.29, 0.717) is 29.2 Å². The number of thioether (sulfide) groups is 1. The number of aryl methyl sites for hydroxylation is 2. The minimum atomic E-state index is -0.263. The van der Waals surface area contributed by atoms with Crippen LogP contribution in [0, 0.1) is 19.7 Å². The lowest BCUT2D eigenvalue weighted by Crippen LogP contribution is -2.37. The molecule has 0 unspecified atom stereocenters. The zero-order chi connectivity index (χ0) is 18.9. The van der Waals surface area contributed by atoms with Crippen LogP contribution < -0.4 is 10.6 Å². The Morgan fingerprint density at radius 1 is 1.04 bits per heavy atom. The fraction of sp³-hybridized carbons (Fsp3) is 0.300. The molecule has 2 N–H and O–H groups in total. The predicted octanol–water partition coefficient (Wildman–Crippen LogP) is 3.22. The second-order valence-electron chi connectivity index (χ2n) is 6.05. The first kappa shape index (κ1) is 20.0. The highest BCUT2D eigenvalue weighted by Gasteiger charge is 2.09. The molecule has 0 bridgehead atoms. The quantitative estimate of drug-likeness (QED) is 0.698. The highest BCUT2D eigenvalue weighted by molar-refractivity contribution is 7.98. The molecule has 6 heteroatoms. The van der Waals surface area contributed by atoms with Crippen molar-refractivity contribution in [2.45, 2.75) is 19.6 Å². The third kappa shape index (κ3) is 6.52. The highest BCUT2D eigenvalue weighted by Crippen LogP contribution is 2.14. The SMILES string of the molecule is Cc1cc(C)cc(C(=O)NCC(=O)NCCSCc2ccccc2F)c1. The maximum absolute atomic E-state index is 13.5. The minimum Gasteiger partial charge on any atom is -0.354 e. The van der Waals surface area contributed by atoms with Gasteiger partial charge in [-0.25, -0.2) is 4.39 Å². The van der Waals surface area contributed by atoms with Gasteiger partial charge in [0.15, 0.2) is 0 Å². The molecular weight excluding hydrogens is 351 g/mol. The van der Waals surface area contributed by atoms with Gasteiger partial charge in [-0.2, -0.15) is 11.8 Å². The third-order valence-corrected chi connectivity index (χ3v) is 4.69. The molecule has 0 fully saturated rings. The van der Waals surface area contributed by atoms with Gasteiger partial charge in [0, 0.05) is 23.6 Å². The Kier molecular flexibility index (Phi) is 7.66. The number of carbonyl (C=O) groups excluding carboxylic acids is 2. The standard InChI is InChI=1S/C20H23FN2O2S/c1-14-9-15(2)11-17(10-14)20(25)23-12-19(24)22-7-8-26-13-16-5-3-4-6-18(16)21/h3-6,9-11H,7-8,12-13H2,1-2H3,(H,22,24)(H,23,25). The highest BCUT2D eigenvalue weighted by atomic mass is 32.2. The molecule has 2 amide bonds. The Morgan fingerprint density at radius 2 is 1.73 bits per heavy atom. The van der Waals surface area contributed by atoms with Crippen LogP contribution in [0.2, 0.25) is 0 Å². The van der Waals surface area contributed by atoms with Crippen LogP contribution in [0.15, 0.2) is 42.5 Å². The van der Waals surface area contributed by atoms with Gasteiger partial charge in [-0.05, 0) is 37.6 Å². The summed E-state index contributed by atoms with van der Waals surface area (Å²) in [6, 6.07) is 12.2. The number of rotatable bonds is 8. The minimum absolute atomic E-state index is 0.0657. The Hall–Kier alpha value is -2.34. The molecule has 0 aromatic heterocycles. The smallest absolute Gasteiger partial charge is 0.251 e. The van der Waals surface area contributed by atoms with Crippen molar-refractivity contribution in [3.05, 3.63) is 70.5 Å². The van der Waals surface area contributed by atoms with E-state index >= 15 is 0 Å². The zero-order valence-corrected chi connectivity index (χ0v) is 15.8. The van der Waals surface area contributed by atoms with Gasteiger partial charge in [0.05, 0.1) is 6.54 Å². The normalized spacial score (nSPS) is 10.4. The number of benzene rings is 2. The van der Waals surface area contributed by atoms with Crippen molar-refractivity contribution in [2.75, 3.05) is 18.8 Å². The molecule has 0 spiro atoms. The molecule has 2 aromatic carbocycles. The molecule has 0 saturated heterocycles. The van der Waals surface area contributed by atoms with Crippen LogP contribution in [-0.4, -0.2) is 30.7 Å². The summed E-state index contributed by atoms with van der Waals surface area (Å²) in [5.41, 5.74) is 3.22. The Labute approximate surface area is 157 Å². The molecule has 2 aromatic rings. The molecule has 2 rings (SSSR count). The van der Waals surface area contributed by atoms with Gasteiger partial charge in [-0.1, -0.05) is 35.4 Å². The van der Waals surface area contributed by atoms with Crippen LogP contribution in [0.4, 0.5) is 4.39 Å². The fourth-order valence-corrected chi connectivity index (χ4v) is 3.34. The summed E-state index contributed by atoms with van der Waals surface area (Å²) in [6.07, 6.45) is 0. The average molecular weight is 374 g/mol. The van der Waals surface area contributed by atoms with E-state index in [-0.39, 0.29) is 24.2 Å². The monoisotopic (exact) mass is 374 g/mol. The molecule has 4 nitrogen and oxygen atoms in total. The number of nitrogens with one attached hydrogen (secondary N) is 2. The van der Waals surface area contributed by atoms with Gasteiger partial charge in [-0.15, -0.1) is 0 Å². The van der Waals surface area contributed by atoms with Gasteiger partial charge in [-0.3, -0.25) is 9.59 Å². The van der Waals surface area contributed by atoms with Crippen LogP contribution in [0.1, 0.15) is 27.0 Å². The van der Waals surface area contributed by atoms with Crippen molar-refractivity contribution in [2.24, 2.45) is 0 Å². The van der Waals surface area contributed by atoms with Crippen molar-refractivity contribution < 1.29 is 14.0 Å². The van der Waals surface area contributed by atoms with E-state index in [2.05, 4.69) is 10.6 Å². The maximum Gasteiger partial charge on any atom is 0.251 e. The Bertz CT molecular complexity index is 760. The van der Waals surface area contributed by atoms with Crippen molar-refractivity contribution in [1.82, 2.24) is 10.6 Å². The van der Waals surface area contributed by atoms with Gasteiger partial charge < -0.3 is 10.6 Å². The maximum atomic E-state index is 13.5. The first-order valence-electron chi connectivity index (χ1n) is 8.40. The molecule has 26 heavy (non-hydrogen) atoms. The van der Waals surface area contributed by atoms with E-state index in [0.717, 1.165) is 11.1 Å². The van der Waals surface area contributed by atoms with Crippen molar-refractivity contribution in [1.29, 1.82) is 0 Å². The topological polar surface area (TPSA) is 58.2 Å². The Balaban J connectivity index is 1.64. The number of amides is 2. The number of hydrogen-bond acceptors (Lipinski definition) is 3. The Morgan fingerprint density at radius 3 is 2.42 bits per heavy atom. The van der Waals surface area contributed by atoms with Crippen LogP contribution in [-0.2, 0) is 10.5 Å². The van der Waals surface area contributed by atoms with Crippen molar-refractivity contribution in [3.63, 3.8) is 0 Å². The van der Waals surface area contributed by atoms with E-state index in [1.807, 2.05) is 19.9 Å². The molecule has 0 aliphatic heterocycles. The first-order valence-corrected chi connectivity index (χ1v) is 9.55. The van der Waals surface area contributed by atoms with E-state index in [9.17, 15) is 14.0 Å². The van der Waals surface area contributed by atoms with Crippen molar-refractivity contribution in [3.8, 4) is 0 Å². The van der Waals surface area contributed by atoms with E-state index in [1.165, 1.54) is 6.07 Å². The summed E-state index contributed by atoms with van der Waals surface area (Å²) < 4.78 is 13.5. The average Bonchev–Trinajstić information content (AvgIpc) is 2.60. The summed E-state index contributed by atoms with van der Waals surface area (Å²) in [5.74, 6) is 0.519. The van der Waals surface area contributed by atoms with E-state index in [4.69, 9.17) is 0 Å². The first-order chi connectivity index (χ1) is 12.5. The molecule has 0 aliphatic rings.